The Morgan fingerprint density at radius 2 is 1.86 bits per heavy atom. The van der Waals surface area contributed by atoms with E-state index in [4.69, 9.17) is 5.11 Å². The third kappa shape index (κ3) is 7.77. The fraction of sp³-hybridized carbons (Fsp3) is 0.846. The Balaban J connectivity index is 2.31. The molecule has 1 aliphatic rings. The molecule has 21 heavy (non-hydrogen) atoms. The van der Waals surface area contributed by atoms with E-state index in [2.05, 4.69) is 5.32 Å². The Morgan fingerprint density at radius 1 is 1.24 bits per heavy atom. The summed E-state index contributed by atoms with van der Waals surface area (Å²) in [5.41, 5.74) is 0. The van der Waals surface area contributed by atoms with Crippen LogP contribution in [0.5, 0.6) is 0 Å². The quantitative estimate of drug-likeness (QED) is 0.710. The third-order valence-corrected chi connectivity index (χ3v) is 3.52. The van der Waals surface area contributed by atoms with Crippen molar-refractivity contribution in [3.63, 3.8) is 0 Å². The predicted octanol–water partition coefficient (Wildman–Crippen LogP) is 2.62. The van der Waals surface area contributed by atoms with Gasteiger partial charge in [-0.05, 0) is 18.8 Å². The highest BCUT2D eigenvalue weighted by atomic mass is 19.4. The molecule has 2 N–H and O–H groups in total. The number of carbonyl (C=O) groups is 2. The van der Waals surface area contributed by atoms with E-state index < -0.39 is 31.3 Å². The minimum Gasteiger partial charge on any atom is -0.480 e. The molecule has 8 heteroatoms. The van der Waals surface area contributed by atoms with Gasteiger partial charge in [0.2, 0.25) is 0 Å². The van der Waals surface area contributed by atoms with Gasteiger partial charge in [-0.1, -0.05) is 25.7 Å². The van der Waals surface area contributed by atoms with Gasteiger partial charge in [0.05, 0.1) is 0 Å². The molecule has 0 radical (unpaired) electrons. The third-order valence-electron chi connectivity index (χ3n) is 3.52. The number of carboxylic acid groups (broad SMARTS) is 1. The van der Waals surface area contributed by atoms with Gasteiger partial charge in [0.25, 0.3) is 0 Å². The topological polar surface area (TPSA) is 69.6 Å². The van der Waals surface area contributed by atoms with E-state index in [1.165, 1.54) is 25.7 Å². The van der Waals surface area contributed by atoms with E-state index in [1.54, 1.807) is 0 Å². The van der Waals surface area contributed by atoms with Gasteiger partial charge in [0.1, 0.15) is 13.1 Å². The lowest BCUT2D eigenvalue weighted by molar-refractivity contribution is -0.148. The van der Waals surface area contributed by atoms with Crippen molar-refractivity contribution in [1.29, 1.82) is 0 Å². The van der Waals surface area contributed by atoms with Gasteiger partial charge < -0.3 is 15.3 Å². The number of urea groups is 1. The van der Waals surface area contributed by atoms with Crippen molar-refractivity contribution in [3.05, 3.63) is 0 Å². The van der Waals surface area contributed by atoms with E-state index in [-0.39, 0.29) is 11.4 Å². The molecular formula is C13H21F3N2O3. The molecule has 1 saturated carbocycles. The van der Waals surface area contributed by atoms with Crippen LogP contribution in [-0.2, 0) is 4.79 Å². The number of carboxylic acids is 1. The summed E-state index contributed by atoms with van der Waals surface area (Å²) in [5, 5.41) is 10.9. The lowest BCUT2D eigenvalue weighted by Crippen LogP contribution is -2.47. The Morgan fingerprint density at radius 3 is 2.38 bits per heavy atom. The van der Waals surface area contributed by atoms with Crippen molar-refractivity contribution in [2.24, 2.45) is 5.92 Å². The number of alkyl halides is 3. The zero-order valence-electron chi connectivity index (χ0n) is 11.8. The Hall–Kier alpha value is -1.47. The number of nitrogens with one attached hydrogen (secondary N) is 1. The lowest BCUT2D eigenvalue weighted by Gasteiger charge is -2.22. The van der Waals surface area contributed by atoms with Crippen LogP contribution < -0.4 is 5.32 Å². The molecule has 1 aliphatic carbocycles. The highest BCUT2D eigenvalue weighted by Gasteiger charge is 2.33. The molecule has 2 amide bonds. The first-order valence-corrected chi connectivity index (χ1v) is 7.09. The maximum Gasteiger partial charge on any atom is 0.406 e. The summed E-state index contributed by atoms with van der Waals surface area (Å²) in [6, 6.07) is -0.985. The van der Waals surface area contributed by atoms with Crippen LogP contribution in [0.1, 0.15) is 38.5 Å². The monoisotopic (exact) mass is 310 g/mol. The molecule has 0 heterocycles. The van der Waals surface area contributed by atoms with Crippen LogP contribution in [0.15, 0.2) is 0 Å². The number of carbonyl (C=O) groups excluding carboxylic acids is 1. The molecular weight excluding hydrogens is 289 g/mol. The first-order chi connectivity index (χ1) is 9.78. The Kier molecular flexibility index (Phi) is 6.77. The number of hydrogen-bond donors (Lipinski definition) is 2. The zero-order chi connectivity index (χ0) is 15.9. The van der Waals surface area contributed by atoms with E-state index in [9.17, 15) is 22.8 Å². The standard InChI is InChI=1S/C13H21F3N2O3/c14-13(15,16)9-18(8-11(19)20)12(21)17-7-3-6-10-4-1-2-5-10/h10H,1-9H2,(H,17,21)(H,19,20). The van der Waals surface area contributed by atoms with Crippen molar-refractivity contribution in [1.82, 2.24) is 10.2 Å². The molecule has 1 rings (SSSR count). The number of halogens is 3. The molecule has 0 aliphatic heterocycles. The van der Waals surface area contributed by atoms with Crippen LogP contribution in [0.2, 0.25) is 0 Å². The second-order valence-electron chi connectivity index (χ2n) is 5.39. The summed E-state index contributed by atoms with van der Waals surface area (Å²) in [7, 11) is 0. The largest absolute Gasteiger partial charge is 0.480 e. The number of nitrogens with zero attached hydrogens (tertiary/aromatic N) is 1. The average molecular weight is 310 g/mol. The first-order valence-electron chi connectivity index (χ1n) is 7.09. The van der Waals surface area contributed by atoms with Crippen LogP contribution in [-0.4, -0.2) is 47.8 Å². The van der Waals surface area contributed by atoms with Gasteiger partial charge in [-0.3, -0.25) is 4.79 Å². The molecule has 122 valence electrons. The molecule has 5 nitrogen and oxygen atoms in total. The fourth-order valence-corrected chi connectivity index (χ4v) is 2.58. The van der Waals surface area contributed by atoms with Gasteiger partial charge in [-0.2, -0.15) is 13.2 Å². The number of aliphatic carboxylic acids is 1. The second-order valence-corrected chi connectivity index (χ2v) is 5.39. The summed E-state index contributed by atoms with van der Waals surface area (Å²) in [4.78, 5) is 22.4. The number of hydrogen-bond acceptors (Lipinski definition) is 2. The molecule has 0 spiro atoms. The normalized spacial score (nSPS) is 16.0. The minimum absolute atomic E-state index is 0.262. The predicted molar refractivity (Wildman–Crippen MR) is 69.9 cm³/mol. The van der Waals surface area contributed by atoms with E-state index in [0.29, 0.717) is 12.3 Å². The van der Waals surface area contributed by atoms with Crippen molar-refractivity contribution in [2.45, 2.75) is 44.7 Å². The highest BCUT2D eigenvalue weighted by molar-refractivity contribution is 5.80. The SMILES string of the molecule is O=C(O)CN(CC(F)(F)F)C(=O)NCCCC1CCCC1. The Labute approximate surface area is 121 Å². The molecule has 0 aromatic heterocycles. The van der Waals surface area contributed by atoms with Crippen LogP contribution in [0, 0.1) is 5.92 Å². The van der Waals surface area contributed by atoms with Crippen molar-refractivity contribution in [2.75, 3.05) is 19.6 Å². The number of rotatable bonds is 7. The summed E-state index contributed by atoms with van der Waals surface area (Å²) in [6.07, 6.45) is 1.81. The van der Waals surface area contributed by atoms with Crippen LogP contribution in [0.25, 0.3) is 0 Å². The number of amides is 2. The fourth-order valence-electron chi connectivity index (χ4n) is 2.58. The Bertz CT molecular complexity index is 355. The van der Waals surface area contributed by atoms with Crippen molar-refractivity contribution < 1.29 is 27.9 Å². The van der Waals surface area contributed by atoms with Gasteiger partial charge in [-0.25, -0.2) is 4.79 Å². The molecule has 0 unspecified atom stereocenters. The summed E-state index contributed by atoms with van der Waals surface area (Å²) >= 11 is 0. The smallest absolute Gasteiger partial charge is 0.406 e. The summed E-state index contributed by atoms with van der Waals surface area (Å²) < 4.78 is 36.9. The van der Waals surface area contributed by atoms with E-state index >= 15 is 0 Å². The van der Waals surface area contributed by atoms with Crippen LogP contribution >= 0.6 is 0 Å². The molecule has 0 aromatic carbocycles. The van der Waals surface area contributed by atoms with Gasteiger partial charge in [0.15, 0.2) is 0 Å². The summed E-state index contributed by atoms with van der Waals surface area (Å²) in [6.45, 7) is -2.26. The van der Waals surface area contributed by atoms with Crippen molar-refractivity contribution in [3.8, 4) is 0 Å². The average Bonchev–Trinajstić information content (AvgIpc) is 2.84. The van der Waals surface area contributed by atoms with Crippen LogP contribution in [0.3, 0.4) is 0 Å². The van der Waals surface area contributed by atoms with E-state index in [1.807, 2.05) is 0 Å². The minimum atomic E-state index is -4.61. The molecule has 0 bridgehead atoms. The molecule has 0 atom stereocenters. The molecule has 0 aromatic rings. The van der Waals surface area contributed by atoms with Crippen molar-refractivity contribution >= 4 is 12.0 Å². The lowest BCUT2D eigenvalue weighted by atomic mass is 10.0. The first kappa shape index (κ1) is 17.6. The van der Waals surface area contributed by atoms with E-state index in [0.717, 1.165) is 6.42 Å². The molecule has 1 fully saturated rings. The maximum absolute atomic E-state index is 12.3. The highest BCUT2D eigenvalue weighted by Crippen LogP contribution is 2.28. The maximum atomic E-state index is 12.3. The van der Waals surface area contributed by atoms with Gasteiger partial charge in [0, 0.05) is 6.54 Å². The van der Waals surface area contributed by atoms with Crippen LogP contribution in [0.4, 0.5) is 18.0 Å². The molecule has 0 saturated heterocycles. The second kappa shape index (κ2) is 8.09. The summed E-state index contributed by atoms with van der Waals surface area (Å²) in [5.74, 6) is -0.826. The zero-order valence-corrected chi connectivity index (χ0v) is 11.8. The van der Waals surface area contributed by atoms with Gasteiger partial charge in [-0.15, -0.1) is 0 Å². The van der Waals surface area contributed by atoms with Gasteiger partial charge >= 0.3 is 18.2 Å².